The van der Waals surface area contributed by atoms with Gasteiger partial charge in [0.25, 0.3) is 0 Å². The summed E-state index contributed by atoms with van der Waals surface area (Å²) in [7, 11) is 0.637. The van der Waals surface area contributed by atoms with Gasteiger partial charge in [-0.15, -0.1) is 0 Å². The minimum atomic E-state index is -3.08. The molecule has 0 spiro atoms. The first-order valence-electron chi connectivity index (χ1n) is 8.49. The molecule has 1 aromatic rings. The van der Waals surface area contributed by atoms with Crippen LogP contribution >= 0.6 is 0 Å². The summed E-state index contributed by atoms with van der Waals surface area (Å²) in [5.41, 5.74) is 2.76. The van der Waals surface area contributed by atoms with Crippen LogP contribution in [0, 0.1) is 5.92 Å². The number of likely N-dealkylation sites (tertiary alicyclic amines) is 1. The topological polar surface area (TPSA) is 58.4 Å². The largest absolute Gasteiger partial charge is 0.299 e. The van der Waals surface area contributed by atoms with Crippen molar-refractivity contribution in [1.29, 1.82) is 0 Å². The molecule has 1 aliphatic heterocycles. The zero-order chi connectivity index (χ0) is 16.6. The number of rotatable bonds is 6. The highest BCUT2D eigenvalue weighted by atomic mass is 32.2. The molecule has 2 aliphatic rings. The Morgan fingerprint density at radius 2 is 2.09 bits per heavy atom. The maximum Gasteiger partial charge on any atom is 0.210 e. The molecule has 1 aliphatic carbocycles. The molecule has 3 rings (SSSR count). The van der Waals surface area contributed by atoms with Crippen LogP contribution in [-0.4, -0.2) is 60.3 Å². The third-order valence-electron chi connectivity index (χ3n) is 5.11. The molecule has 1 atom stereocenters. The van der Waals surface area contributed by atoms with Gasteiger partial charge in [-0.1, -0.05) is 0 Å². The van der Waals surface area contributed by atoms with E-state index >= 15 is 0 Å². The van der Waals surface area contributed by atoms with Crippen LogP contribution in [0.15, 0.2) is 6.20 Å². The average Bonchev–Trinajstić information content (AvgIpc) is 3.23. The van der Waals surface area contributed by atoms with E-state index in [0.717, 1.165) is 32.5 Å². The molecular weight excluding hydrogens is 312 g/mol. The summed E-state index contributed by atoms with van der Waals surface area (Å²) in [6, 6.07) is 0. The van der Waals surface area contributed by atoms with Crippen LogP contribution in [0.5, 0.6) is 0 Å². The molecule has 1 saturated heterocycles. The van der Waals surface area contributed by atoms with Crippen molar-refractivity contribution >= 4 is 10.0 Å². The first kappa shape index (κ1) is 16.9. The summed E-state index contributed by atoms with van der Waals surface area (Å²) in [6.07, 6.45) is 8.12. The molecule has 23 heavy (non-hydrogen) atoms. The Balaban J connectivity index is 1.61. The van der Waals surface area contributed by atoms with Gasteiger partial charge in [0.2, 0.25) is 10.0 Å². The van der Waals surface area contributed by atoms with Crippen molar-refractivity contribution in [3.05, 3.63) is 17.5 Å². The zero-order valence-electron chi connectivity index (χ0n) is 14.4. The number of aromatic nitrogens is 2. The third kappa shape index (κ3) is 4.14. The predicted molar refractivity (Wildman–Crippen MR) is 90.7 cm³/mol. The standard InChI is InChI=1S/C16H28N4O2S/c1-18(23(3,21)22)10-13-5-4-8-20(11-13)12-15-9-17-19(2)16(15)14-6-7-14/h9,13-14H,4-8,10-12H2,1-3H3. The molecule has 1 saturated carbocycles. The van der Waals surface area contributed by atoms with Crippen molar-refractivity contribution in [1.82, 2.24) is 19.0 Å². The Bertz CT molecular complexity index is 651. The van der Waals surface area contributed by atoms with E-state index in [1.165, 1.54) is 34.7 Å². The van der Waals surface area contributed by atoms with E-state index in [1.807, 2.05) is 17.9 Å². The molecule has 6 nitrogen and oxygen atoms in total. The van der Waals surface area contributed by atoms with E-state index in [9.17, 15) is 8.42 Å². The van der Waals surface area contributed by atoms with Crippen molar-refractivity contribution in [3.8, 4) is 0 Å². The highest BCUT2D eigenvalue weighted by molar-refractivity contribution is 7.88. The lowest BCUT2D eigenvalue weighted by atomic mass is 9.97. The van der Waals surface area contributed by atoms with Crippen LogP contribution in [0.3, 0.4) is 0 Å². The summed E-state index contributed by atoms with van der Waals surface area (Å²) in [5.74, 6) is 1.12. The van der Waals surface area contributed by atoms with Gasteiger partial charge in [0.05, 0.1) is 12.5 Å². The number of sulfonamides is 1. The Morgan fingerprint density at radius 3 is 2.74 bits per heavy atom. The van der Waals surface area contributed by atoms with E-state index < -0.39 is 10.0 Å². The average molecular weight is 340 g/mol. The number of piperidine rings is 1. The van der Waals surface area contributed by atoms with Crippen LogP contribution in [-0.2, 0) is 23.6 Å². The van der Waals surface area contributed by atoms with Gasteiger partial charge in [0.15, 0.2) is 0 Å². The molecule has 1 unspecified atom stereocenters. The second-order valence-corrected chi connectivity index (χ2v) is 9.33. The highest BCUT2D eigenvalue weighted by Crippen LogP contribution is 2.41. The molecular formula is C16H28N4O2S. The molecule has 0 amide bonds. The lowest BCUT2D eigenvalue weighted by molar-refractivity contribution is 0.155. The maximum absolute atomic E-state index is 11.6. The van der Waals surface area contributed by atoms with Gasteiger partial charge in [0, 0.05) is 50.9 Å². The van der Waals surface area contributed by atoms with Crippen LogP contribution in [0.1, 0.15) is 42.9 Å². The van der Waals surface area contributed by atoms with Crippen molar-refractivity contribution < 1.29 is 8.42 Å². The van der Waals surface area contributed by atoms with Crippen molar-refractivity contribution in [2.45, 2.75) is 38.1 Å². The Kier molecular flexibility index (Phi) is 4.80. The van der Waals surface area contributed by atoms with E-state index in [-0.39, 0.29) is 0 Å². The predicted octanol–water partition coefficient (Wildman–Crippen LogP) is 1.40. The van der Waals surface area contributed by atoms with Crippen molar-refractivity contribution in [2.24, 2.45) is 13.0 Å². The fourth-order valence-corrected chi connectivity index (χ4v) is 4.16. The van der Waals surface area contributed by atoms with E-state index in [2.05, 4.69) is 10.00 Å². The van der Waals surface area contributed by atoms with Gasteiger partial charge in [-0.2, -0.15) is 5.10 Å². The first-order valence-corrected chi connectivity index (χ1v) is 10.3. The normalized spacial score (nSPS) is 23.6. The second-order valence-electron chi connectivity index (χ2n) is 7.24. The quantitative estimate of drug-likeness (QED) is 0.785. The summed E-state index contributed by atoms with van der Waals surface area (Å²) in [5, 5.41) is 4.45. The van der Waals surface area contributed by atoms with E-state index in [1.54, 1.807) is 7.05 Å². The molecule has 2 heterocycles. The van der Waals surface area contributed by atoms with Crippen LogP contribution in [0.25, 0.3) is 0 Å². The molecule has 0 N–H and O–H groups in total. The zero-order valence-corrected chi connectivity index (χ0v) is 15.2. The van der Waals surface area contributed by atoms with Crippen molar-refractivity contribution in [2.75, 3.05) is 32.9 Å². The van der Waals surface area contributed by atoms with Crippen LogP contribution in [0.4, 0.5) is 0 Å². The van der Waals surface area contributed by atoms with Gasteiger partial charge >= 0.3 is 0 Å². The van der Waals surface area contributed by atoms with Gasteiger partial charge in [0.1, 0.15) is 0 Å². The highest BCUT2D eigenvalue weighted by Gasteiger charge is 2.31. The number of hydrogen-bond acceptors (Lipinski definition) is 4. The Labute approximate surface area is 139 Å². The van der Waals surface area contributed by atoms with Crippen molar-refractivity contribution in [3.63, 3.8) is 0 Å². The fraction of sp³-hybridized carbons (Fsp3) is 0.812. The smallest absolute Gasteiger partial charge is 0.210 e. The van der Waals surface area contributed by atoms with Gasteiger partial charge in [-0.05, 0) is 38.1 Å². The fourth-order valence-electron chi connectivity index (χ4n) is 3.68. The lowest BCUT2D eigenvalue weighted by Gasteiger charge is -2.34. The van der Waals surface area contributed by atoms with E-state index in [4.69, 9.17) is 0 Å². The summed E-state index contributed by atoms with van der Waals surface area (Å²) < 4.78 is 26.7. The summed E-state index contributed by atoms with van der Waals surface area (Å²) >= 11 is 0. The molecule has 7 heteroatoms. The lowest BCUT2D eigenvalue weighted by Crippen LogP contribution is -2.41. The number of aryl methyl sites for hydroxylation is 1. The van der Waals surface area contributed by atoms with Gasteiger partial charge < -0.3 is 0 Å². The molecule has 1 aromatic heterocycles. The third-order valence-corrected chi connectivity index (χ3v) is 6.39. The number of nitrogens with zero attached hydrogens (tertiary/aromatic N) is 4. The van der Waals surface area contributed by atoms with Gasteiger partial charge in [-0.25, -0.2) is 12.7 Å². The number of hydrogen-bond donors (Lipinski definition) is 0. The minimum absolute atomic E-state index is 0.421. The maximum atomic E-state index is 11.6. The van der Waals surface area contributed by atoms with Crippen LogP contribution in [0.2, 0.25) is 0 Å². The molecule has 130 valence electrons. The Hall–Kier alpha value is -0.920. The molecule has 0 radical (unpaired) electrons. The SMILES string of the molecule is CN(CC1CCCN(Cc2cnn(C)c2C2CC2)C1)S(C)(=O)=O. The molecule has 0 aromatic carbocycles. The minimum Gasteiger partial charge on any atom is -0.299 e. The summed E-state index contributed by atoms with van der Waals surface area (Å²) in [6.45, 7) is 3.63. The molecule has 0 bridgehead atoms. The monoisotopic (exact) mass is 340 g/mol. The van der Waals surface area contributed by atoms with Gasteiger partial charge in [-0.3, -0.25) is 9.58 Å². The second kappa shape index (κ2) is 6.53. The van der Waals surface area contributed by atoms with E-state index in [0.29, 0.717) is 18.4 Å². The summed E-state index contributed by atoms with van der Waals surface area (Å²) in [4.78, 5) is 2.47. The Morgan fingerprint density at radius 1 is 1.35 bits per heavy atom. The van der Waals surface area contributed by atoms with Crippen LogP contribution < -0.4 is 0 Å². The molecule has 2 fully saturated rings. The first-order chi connectivity index (χ1) is 10.8.